The molecule has 1 amide bonds. The van der Waals surface area contributed by atoms with Crippen LogP contribution in [0, 0.1) is 0 Å². The van der Waals surface area contributed by atoms with Crippen molar-refractivity contribution in [3.05, 3.63) is 17.5 Å². The highest BCUT2D eigenvalue weighted by atomic mass is 16.5. The minimum Gasteiger partial charge on any atom is -0.381 e. The third-order valence-corrected chi connectivity index (χ3v) is 2.58. The molecule has 6 heteroatoms. The molecule has 1 aromatic rings. The molecule has 1 aliphatic heterocycles. The number of ether oxygens (including phenoxy) is 1. The lowest BCUT2D eigenvalue weighted by Crippen LogP contribution is -2.39. The summed E-state index contributed by atoms with van der Waals surface area (Å²) in [5.41, 5.74) is 0.436. The Morgan fingerprint density at radius 2 is 2.31 bits per heavy atom. The molecule has 0 radical (unpaired) electrons. The third kappa shape index (κ3) is 2.27. The van der Waals surface area contributed by atoms with Crippen LogP contribution in [-0.2, 0) is 4.74 Å². The van der Waals surface area contributed by atoms with Crippen molar-refractivity contribution in [1.82, 2.24) is 15.5 Å². The Morgan fingerprint density at radius 1 is 1.56 bits per heavy atom. The highest BCUT2D eigenvalue weighted by Gasteiger charge is 2.19. The topological polar surface area (TPSA) is 84.1 Å². The van der Waals surface area contributed by atoms with Gasteiger partial charge in [-0.3, -0.25) is 14.7 Å². The van der Waals surface area contributed by atoms with Crippen LogP contribution in [0.3, 0.4) is 0 Å². The molecule has 0 aromatic carbocycles. The van der Waals surface area contributed by atoms with Crippen LogP contribution in [0.2, 0.25) is 0 Å². The zero-order valence-electron chi connectivity index (χ0n) is 8.73. The number of amides is 1. The molecule has 0 unspecified atom stereocenters. The van der Waals surface area contributed by atoms with Crippen LogP contribution < -0.4 is 5.32 Å². The van der Waals surface area contributed by atoms with Gasteiger partial charge in [0.2, 0.25) is 0 Å². The van der Waals surface area contributed by atoms with Crippen LogP contribution >= 0.6 is 0 Å². The van der Waals surface area contributed by atoms with Gasteiger partial charge in [-0.1, -0.05) is 0 Å². The monoisotopic (exact) mass is 223 g/mol. The van der Waals surface area contributed by atoms with E-state index in [0.29, 0.717) is 25.1 Å². The Labute approximate surface area is 92.4 Å². The molecule has 0 saturated carbocycles. The van der Waals surface area contributed by atoms with E-state index >= 15 is 0 Å². The van der Waals surface area contributed by atoms with Gasteiger partial charge in [-0.2, -0.15) is 5.10 Å². The van der Waals surface area contributed by atoms with E-state index in [4.69, 9.17) is 4.74 Å². The lowest BCUT2D eigenvalue weighted by Gasteiger charge is -2.22. The normalized spacial score (nSPS) is 17.0. The Balaban J connectivity index is 1.99. The van der Waals surface area contributed by atoms with Gasteiger partial charge in [0.05, 0.1) is 5.56 Å². The van der Waals surface area contributed by atoms with E-state index in [9.17, 15) is 9.59 Å². The van der Waals surface area contributed by atoms with Crippen molar-refractivity contribution in [2.24, 2.45) is 0 Å². The number of nitrogens with one attached hydrogen (secondary N) is 2. The SMILES string of the molecule is O=Cc1n[nH]cc1C(=O)NC1CCOCC1. The van der Waals surface area contributed by atoms with Crippen molar-refractivity contribution in [2.75, 3.05) is 13.2 Å². The zero-order chi connectivity index (χ0) is 11.4. The number of aromatic amines is 1. The van der Waals surface area contributed by atoms with E-state index in [1.54, 1.807) is 0 Å². The first-order valence-corrected chi connectivity index (χ1v) is 5.19. The zero-order valence-corrected chi connectivity index (χ0v) is 8.73. The van der Waals surface area contributed by atoms with Crippen molar-refractivity contribution in [1.29, 1.82) is 0 Å². The summed E-state index contributed by atoms with van der Waals surface area (Å²) in [7, 11) is 0. The maximum absolute atomic E-state index is 11.8. The minimum absolute atomic E-state index is 0.121. The summed E-state index contributed by atoms with van der Waals surface area (Å²) in [6, 6.07) is 0.121. The lowest BCUT2D eigenvalue weighted by molar-refractivity contribution is 0.0695. The van der Waals surface area contributed by atoms with E-state index in [1.807, 2.05) is 0 Å². The van der Waals surface area contributed by atoms with Gasteiger partial charge in [0, 0.05) is 25.5 Å². The van der Waals surface area contributed by atoms with E-state index in [2.05, 4.69) is 15.5 Å². The fourth-order valence-corrected chi connectivity index (χ4v) is 1.68. The molecule has 2 rings (SSSR count). The maximum atomic E-state index is 11.8. The van der Waals surface area contributed by atoms with Gasteiger partial charge in [0.25, 0.3) is 5.91 Å². The van der Waals surface area contributed by atoms with E-state index in [1.165, 1.54) is 6.20 Å². The van der Waals surface area contributed by atoms with Gasteiger partial charge in [-0.25, -0.2) is 0 Å². The van der Waals surface area contributed by atoms with Crippen LogP contribution in [-0.4, -0.2) is 41.6 Å². The molecular weight excluding hydrogens is 210 g/mol. The number of hydrogen-bond acceptors (Lipinski definition) is 4. The lowest BCUT2D eigenvalue weighted by atomic mass is 10.1. The third-order valence-electron chi connectivity index (χ3n) is 2.58. The summed E-state index contributed by atoms with van der Waals surface area (Å²) in [6.45, 7) is 1.33. The molecule has 0 spiro atoms. The van der Waals surface area contributed by atoms with Crippen LogP contribution in [0.1, 0.15) is 33.7 Å². The highest BCUT2D eigenvalue weighted by molar-refractivity contribution is 6.00. The van der Waals surface area contributed by atoms with Gasteiger partial charge in [0.1, 0.15) is 5.69 Å². The standard InChI is InChI=1S/C10H13N3O3/c14-6-9-8(5-11-13-9)10(15)12-7-1-3-16-4-2-7/h5-7H,1-4H2,(H,11,13)(H,12,15). The Hall–Kier alpha value is -1.69. The van der Waals surface area contributed by atoms with Crippen molar-refractivity contribution in [3.8, 4) is 0 Å². The summed E-state index contributed by atoms with van der Waals surface area (Å²) in [5, 5.41) is 9.03. The van der Waals surface area contributed by atoms with Crippen LogP contribution in [0.5, 0.6) is 0 Å². The molecule has 1 aromatic heterocycles. The molecule has 86 valence electrons. The predicted octanol–water partition coefficient (Wildman–Crippen LogP) is 0.131. The fraction of sp³-hybridized carbons (Fsp3) is 0.500. The van der Waals surface area contributed by atoms with E-state index in [0.717, 1.165) is 12.8 Å². The van der Waals surface area contributed by atoms with Crippen molar-refractivity contribution in [2.45, 2.75) is 18.9 Å². The average molecular weight is 223 g/mol. The number of H-pyrrole nitrogens is 1. The number of carbonyl (C=O) groups excluding carboxylic acids is 2. The fourth-order valence-electron chi connectivity index (χ4n) is 1.68. The highest BCUT2D eigenvalue weighted by Crippen LogP contribution is 2.08. The van der Waals surface area contributed by atoms with Crippen LogP contribution in [0.15, 0.2) is 6.20 Å². The molecule has 0 bridgehead atoms. The molecule has 1 saturated heterocycles. The van der Waals surface area contributed by atoms with Crippen LogP contribution in [0.4, 0.5) is 0 Å². The summed E-state index contributed by atoms with van der Waals surface area (Å²) in [4.78, 5) is 22.4. The molecule has 16 heavy (non-hydrogen) atoms. The molecular formula is C10H13N3O3. The molecule has 0 aliphatic carbocycles. The van der Waals surface area contributed by atoms with Gasteiger partial charge in [-0.05, 0) is 12.8 Å². The first kappa shape index (κ1) is 10.8. The molecule has 1 aliphatic rings. The Bertz CT molecular complexity index is 382. The number of nitrogens with zero attached hydrogens (tertiary/aromatic N) is 1. The summed E-state index contributed by atoms with van der Waals surface area (Å²) < 4.78 is 5.19. The van der Waals surface area contributed by atoms with Crippen LogP contribution in [0.25, 0.3) is 0 Å². The second-order valence-corrected chi connectivity index (χ2v) is 3.66. The molecule has 2 N–H and O–H groups in total. The second kappa shape index (κ2) is 4.89. The summed E-state index contributed by atoms with van der Waals surface area (Å²) >= 11 is 0. The largest absolute Gasteiger partial charge is 0.381 e. The van der Waals surface area contributed by atoms with Gasteiger partial charge < -0.3 is 10.1 Å². The minimum atomic E-state index is -0.261. The number of aromatic nitrogens is 2. The van der Waals surface area contributed by atoms with E-state index < -0.39 is 0 Å². The molecule has 6 nitrogen and oxygen atoms in total. The Morgan fingerprint density at radius 3 is 3.00 bits per heavy atom. The average Bonchev–Trinajstić information content (AvgIpc) is 2.78. The maximum Gasteiger partial charge on any atom is 0.255 e. The molecule has 2 heterocycles. The first-order chi connectivity index (χ1) is 7.81. The second-order valence-electron chi connectivity index (χ2n) is 3.66. The van der Waals surface area contributed by atoms with Crippen molar-refractivity contribution < 1.29 is 14.3 Å². The Kier molecular flexibility index (Phi) is 3.31. The van der Waals surface area contributed by atoms with Crippen molar-refractivity contribution in [3.63, 3.8) is 0 Å². The van der Waals surface area contributed by atoms with Gasteiger partial charge >= 0.3 is 0 Å². The van der Waals surface area contributed by atoms with Gasteiger partial charge in [0.15, 0.2) is 6.29 Å². The summed E-state index contributed by atoms with van der Waals surface area (Å²) in [5.74, 6) is -0.261. The summed E-state index contributed by atoms with van der Waals surface area (Å²) in [6.07, 6.45) is 3.60. The smallest absolute Gasteiger partial charge is 0.255 e. The number of carbonyl (C=O) groups is 2. The predicted molar refractivity (Wildman–Crippen MR) is 55.3 cm³/mol. The first-order valence-electron chi connectivity index (χ1n) is 5.19. The number of aldehydes is 1. The number of hydrogen-bond donors (Lipinski definition) is 2. The van der Waals surface area contributed by atoms with Crippen molar-refractivity contribution >= 4 is 12.2 Å². The number of rotatable bonds is 3. The van der Waals surface area contributed by atoms with E-state index in [-0.39, 0.29) is 17.6 Å². The quantitative estimate of drug-likeness (QED) is 0.713. The van der Waals surface area contributed by atoms with Gasteiger partial charge in [-0.15, -0.1) is 0 Å². The molecule has 0 atom stereocenters. The molecule has 1 fully saturated rings.